The molecular weight excluding hydrogens is 301 g/mol. The van der Waals surface area contributed by atoms with Gasteiger partial charge in [0.05, 0.1) is 0 Å². The summed E-state index contributed by atoms with van der Waals surface area (Å²) in [5.41, 5.74) is 1.31. The summed E-state index contributed by atoms with van der Waals surface area (Å²) in [4.78, 5) is 23.3. The van der Waals surface area contributed by atoms with E-state index in [1.54, 1.807) is 29.9 Å². The highest BCUT2D eigenvalue weighted by molar-refractivity contribution is 6.35. The number of amides is 2. The third-order valence-corrected chi connectivity index (χ3v) is 3.35. The number of hydrogen-bond acceptors (Lipinski definition) is 3. The first-order chi connectivity index (χ1) is 11.0. The molecule has 1 aromatic heterocycles. The number of aryl methyl sites for hydroxylation is 1. The Morgan fingerprint density at radius 2 is 1.83 bits per heavy atom. The van der Waals surface area contributed by atoms with Crippen LogP contribution in [0.1, 0.15) is 17.4 Å². The number of carbonyl (C=O) groups excluding carboxylic acids is 2. The van der Waals surface area contributed by atoms with Crippen molar-refractivity contribution in [3.63, 3.8) is 0 Å². The smallest absolute Gasteiger partial charge is 0.309 e. The van der Waals surface area contributed by atoms with Gasteiger partial charge in [-0.25, -0.2) is 4.39 Å². The molecule has 0 aliphatic rings. The number of nitrogens with one attached hydrogen (secondary N) is 2. The minimum Gasteiger partial charge on any atom is -0.385 e. The molecule has 3 N–H and O–H groups in total. The maximum Gasteiger partial charge on any atom is 0.309 e. The van der Waals surface area contributed by atoms with Crippen molar-refractivity contribution in [2.45, 2.75) is 12.6 Å². The first kappa shape index (κ1) is 16.7. The fourth-order valence-corrected chi connectivity index (χ4v) is 2.06. The third kappa shape index (κ3) is 4.65. The predicted molar refractivity (Wildman–Crippen MR) is 81.6 cm³/mol. The Bertz CT molecular complexity index is 682. The molecule has 1 heterocycles. The van der Waals surface area contributed by atoms with E-state index in [0.29, 0.717) is 11.3 Å². The lowest BCUT2D eigenvalue weighted by Gasteiger charge is -2.13. The van der Waals surface area contributed by atoms with Crippen molar-refractivity contribution >= 4 is 11.8 Å². The van der Waals surface area contributed by atoms with Gasteiger partial charge < -0.3 is 20.3 Å². The number of carbonyl (C=O) groups is 2. The van der Waals surface area contributed by atoms with Crippen molar-refractivity contribution in [1.82, 2.24) is 15.2 Å². The molecule has 0 aliphatic carbocycles. The normalized spacial score (nSPS) is 11.8. The van der Waals surface area contributed by atoms with E-state index in [1.165, 1.54) is 24.3 Å². The Labute approximate surface area is 132 Å². The second-order valence-electron chi connectivity index (χ2n) is 5.08. The molecule has 2 rings (SSSR count). The number of aliphatic hydroxyl groups is 1. The predicted octanol–water partition coefficient (Wildman–Crippen LogP) is 0.630. The number of aromatic nitrogens is 1. The molecule has 1 atom stereocenters. The topological polar surface area (TPSA) is 83.4 Å². The molecule has 0 fully saturated rings. The first-order valence-electron chi connectivity index (χ1n) is 7.07. The SMILES string of the molecule is Cn1cccc1C(O)CNC(=O)C(=O)NCc1ccc(F)cc1. The van der Waals surface area contributed by atoms with Crippen LogP contribution in [0, 0.1) is 5.82 Å². The molecule has 0 saturated heterocycles. The molecule has 2 amide bonds. The molecule has 0 saturated carbocycles. The summed E-state index contributed by atoms with van der Waals surface area (Å²) in [6.45, 7) is 0.0492. The van der Waals surface area contributed by atoms with E-state index in [2.05, 4.69) is 10.6 Å². The highest BCUT2D eigenvalue weighted by atomic mass is 19.1. The van der Waals surface area contributed by atoms with Gasteiger partial charge >= 0.3 is 11.8 Å². The van der Waals surface area contributed by atoms with Crippen LogP contribution in [0.25, 0.3) is 0 Å². The average Bonchev–Trinajstić information content (AvgIpc) is 2.97. The Morgan fingerprint density at radius 3 is 2.43 bits per heavy atom. The summed E-state index contributed by atoms with van der Waals surface area (Å²) in [5, 5.41) is 14.7. The van der Waals surface area contributed by atoms with Crippen LogP contribution >= 0.6 is 0 Å². The molecular formula is C16H18FN3O3. The zero-order chi connectivity index (χ0) is 16.8. The standard InChI is InChI=1S/C16H18FN3O3/c1-20-8-2-3-13(20)14(21)10-19-16(23)15(22)18-9-11-4-6-12(17)7-5-11/h2-8,14,21H,9-10H2,1H3,(H,18,22)(H,19,23). The van der Waals surface area contributed by atoms with Gasteiger partial charge in [0.1, 0.15) is 11.9 Å². The van der Waals surface area contributed by atoms with Gasteiger partial charge in [0.15, 0.2) is 0 Å². The van der Waals surface area contributed by atoms with Crippen molar-refractivity contribution in [2.24, 2.45) is 7.05 Å². The van der Waals surface area contributed by atoms with E-state index in [9.17, 15) is 19.1 Å². The van der Waals surface area contributed by atoms with Crippen molar-refractivity contribution in [2.75, 3.05) is 6.54 Å². The van der Waals surface area contributed by atoms with Gasteiger partial charge in [-0.15, -0.1) is 0 Å². The summed E-state index contributed by atoms with van der Waals surface area (Å²) in [6, 6.07) is 9.09. The van der Waals surface area contributed by atoms with Gasteiger partial charge in [-0.05, 0) is 29.8 Å². The molecule has 6 nitrogen and oxygen atoms in total. The minimum absolute atomic E-state index is 0.0688. The van der Waals surface area contributed by atoms with Gasteiger partial charge in [0.2, 0.25) is 0 Å². The molecule has 0 bridgehead atoms. The van der Waals surface area contributed by atoms with Crippen molar-refractivity contribution < 1.29 is 19.1 Å². The number of hydrogen-bond donors (Lipinski definition) is 3. The van der Waals surface area contributed by atoms with Crippen molar-refractivity contribution in [3.8, 4) is 0 Å². The van der Waals surface area contributed by atoms with E-state index >= 15 is 0 Å². The Kier molecular flexibility index (Phi) is 5.48. The molecule has 2 aromatic rings. The summed E-state index contributed by atoms with van der Waals surface area (Å²) < 4.78 is 14.5. The number of benzene rings is 1. The number of halogens is 1. The lowest BCUT2D eigenvalue weighted by atomic mass is 10.2. The molecule has 0 spiro atoms. The molecule has 0 aliphatic heterocycles. The van der Waals surface area contributed by atoms with E-state index in [4.69, 9.17) is 0 Å². The van der Waals surface area contributed by atoms with E-state index in [1.807, 2.05) is 0 Å². The van der Waals surface area contributed by atoms with Crippen LogP contribution in [0.5, 0.6) is 0 Å². The Hall–Kier alpha value is -2.67. The van der Waals surface area contributed by atoms with Crippen LogP contribution in [0.4, 0.5) is 4.39 Å². The molecule has 7 heteroatoms. The van der Waals surface area contributed by atoms with Gasteiger partial charge in [0.25, 0.3) is 0 Å². The van der Waals surface area contributed by atoms with Crippen LogP contribution in [-0.4, -0.2) is 28.0 Å². The molecule has 122 valence electrons. The molecule has 1 aromatic carbocycles. The van der Waals surface area contributed by atoms with Gasteiger partial charge in [-0.1, -0.05) is 12.1 Å². The lowest BCUT2D eigenvalue weighted by Crippen LogP contribution is -2.41. The lowest BCUT2D eigenvalue weighted by molar-refractivity contribution is -0.139. The summed E-state index contributed by atoms with van der Waals surface area (Å²) in [5.74, 6) is -2.01. The second kappa shape index (κ2) is 7.55. The first-order valence-corrected chi connectivity index (χ1v) is 7.07. The van der Waals surface area contributed by atoms with Crippen molar-refractivity contribution in [1.29, 1.82) is 0 Å². The Morgan fingerprint density at radius 1 is 1.17 bits per heavy atom. The monoisotopic (exact) mass is 319 g/mol. The summed E-state index contributed by atoms with van der Waals surface area (Å²) >= 11 is 0. The maximum absolute atomic E-state index is 12.8. The van der Waals surface area contributed by atoms with Crippen LogP contribution in [0.15, 0.2) is 42.6 Å². The number of aliphatic hydroxyl groups excluding tert-OH is 1. The zero-order valence-electron chi connectivity index (χ0n) is 12.6. The van der Waals surface area contributed by atoms with Gasteiger partial charge in [-0.2, -0.15) is 0 Å². The summed E-state index contributed by atoms with van der Waals surface area (Å²) in [6.07, 6.45) is 0.874. The van der Waals surface area contributed by atoms with Gasteiger partial charge in [0, 0.05) is 32.0 Å². The third-order valence-electron chi connectivity index (χ3n) is 3.35. The number of nitrogens with zero attached hydrogens (tertiary/aromatic N) is 1. The summed E-state index contributed by atoms with van der Waals surface area (Å²) in [7, 11) is 1.77. The highest BCUT2D eigenvalue weighted by Gasteiger charge is 2.16. The molecule has 23 heavy (non-hydrogen) atoms. The van der Waals surface area contributed by atoms with Crippen LogP contribution < -0.4 is 10.6 Å². The number of rotatable bonds is 5. The van der Waals surface area contributed by atoms with Crippen LogP contribution in [-0.2, 0) is 23.2 Å². The van der Waals surface area contributed by atoms with Crippen LogP contribution in [0.3, 0.4) is 0 Å². The van der Waals surface area contributed by atoms with Gasteiger partial charge in [-0.3, -0.25) is 9.59 Å². The van der Waals surface area contributed by atoms with E-state index < -0.39 is 17.9 Å². The minimum atomic E-state index is -0.899. The zero-order valence-corrected chi connectivity index (χ0v) is 12.6. The maximum atomic E-state index is 12.8. The Balaban J connectivity index is 1.77. The largest absolute Gasteiger partial charge is 0.385 e. The van der Waals surface area contributed by atoms with E-state index in [0.717, 1.165) is 0 Å². The average molecular weight is 319 g/mol. The fourth-order valence-electron chi connectivity index (χ4n) is 2.06. The highest BCUT2D eigenvalue weighted by Crippen LogP contribution is 2.11. The fraction of sp³-hybridized carbons (Fsp3) is 0.250. The second-order valence-corrected chi connectivity index (χ2v) is 5.08. The quantitative estimate of drug-likeness (QED) is 0.707. The molecule has 1 unspecified atom stereocenters. The van der Waals surface area contributed by atoms with Crippen LogP contribution in [0.2, 0.25) is 0 Å². The van der Waals surface area contributed by atoms with E-state index in [-0.39, 0.29) is 18.9 Å². The van der Waals surface area contributed by atoms with Crippen molar-refractivity contribution in [3.05, 3.63) is 59.7 Å². The molecule has 0 radical (unpaired) electrons.